The number of nitrogens with zero attached hydrogens (tertiary/aromatic N) is 3. The van der Waals surface area contributed by atoms with Gasteiger partial charge >= 0.3 is 6.09 Å². The Hall–Kier alpha value is -3.35. The summed E-state index contributed by atoms with van der Waals surface area (Å²) in [5, 5.41) is 0. The summed E-state index contributed by atoms with van der Waals surface area (Å²) in [6.45, 7) is 1.93. The predicted molar refractivity (Wildman–Crippen MR) is 101 cm³/mol. The van der Waals surface area contributed by atoms with Gasteiger partial charge in [-0.2, -0.15) is 0 Å². The minimum atomic E-state index is -0.352. The first kappa shape index (κ1) is 17.1. The highest BCUT2D eigenvalue weighted by atomic mass is 16.5. The van der Waals surface area contributed by atoms with Gasteiger partial charge in [-0.3, -0.25) is 4.79 Å². The predicted octanol–water partition coefficient (Wildman–Crippen LogP) is 2.75. The van der Waals surface area contributed by atoms with Crippen molar-refractivity contribution in [2.75, 3.05) is 33.3 Å². The van der Waals surface area contributed by atoms with Gasteiger partial charge in [0.2, 0.25) is 0 Å². The number of imidazole rings is 1. The SMILES string of the molecule is COC(=O)N1CCN(C(=O)c2ccc3nc(-c4ccccc4)[nH]c3c2)CC1. The summed E-state index contributed by atoms with van der Waals surface area (Å²) in [5.41, 5.74) is 3.26. The number of carbonyl (C=O) groups is 2. The molecule has 7 heteroatoms. The lowest BCUT2D eigenvalue weighted by atomic mass is 10.1. The smallest absolute Gasteiger partial charge is 0.409 e. The van der Waals surface area contributed by atoms with Gasteiger partial charge in [0.05, 0.1) is 18.1 Å². The van der Waals surface area contributed by atoms with Crippen LogP contribution in [0.3, 0.4) is 0 Å². The van der Waals surface area contributed by atoms with Crippen LogP contribution in [0.2, 0.25) is 0 Å². The number of fused-ring (bicyclic) bond motifs is 1. The summed E-state index contributed by atoms with van der Waals surface area (Å²) < 4.78 is 4.73. The molecule has 1 saturated heterocycles. The van der Waals surface area contributed by atoms with Gasteiger partial charge in [-0.1, -0.05) is 30.3 Å². The Bertz CT molecular complexity index is 975. The number of H-pyrrole nitrogens is 1. The van der Waals surface area contributed by atoms with Crippen LogP contribution >= 0.6 is 0 Å². The molecular formula is C20H20N4O3. The van der Waals surface area contributed by atoms with Crippen LogP contribution in [0.1, 0.15) is 10.4 Å². The second kappa shape index (κ2) is 7.11. The quantitative estimate of drug-likeness (QED) is 0.758. The van der Waals surface area contributed by atoms with E-state index in [1.165, 1.54) is 7.11 Å². The summed E-state index contributed by atoms with van der Waals surface area (Å²) in [5.74, 6) is 0.735. The van der Waals surface area contributed by atoms with Crippen molar-refractivity contribution in [3.8, 4) is 11.4 Å². The number of carbonyl (C=O) groups excluding carboxylic acids is 2. The van der Waals surface area contributed by atoms with Crippen molar-refractivity contribution < 1.29 is 14.3 Å². The monoisotopic (exact) mass is 364 g/mol. The lowest BCUT2D eigenvalue weighted by Crippen LogP contribution is -2.50. The fourth-order valence-corrected chi connectivity index (χ4v) is 3.28. The summed E-state index contributed by atoms with van der Waals surface area (Å²) in [6, 6.07) is 15.4. The molecule has 1 aliphatic heterocycles. The minimum Gasteiger partial charge on any atom is -0.453 e. The molecule has 138 valence electrons. The molecule has 7 nitrogen and oxygen atoms in total. The number of benzene rings is 2. The molecule has 2 aromatic carbocycles. The Kier molecular flexibility index (Phi) is 4.50. The van der Waals surface area contributed by atoms with Gasteiger partial charge < -0.3 is 19.5 Å². The maximum Gasteiger partial charge on any atom is 0.409 e. The first-order valence-electron chi connectivity index (χ1n) is 8.83. The topological polar surface area (TPSA) is 78.5 Å². The molecule has 4 rings (SSSR count). The first-order chi connectivity index (χ1) is 13.2. The highest BCUT2D eigenvalue weighted by molar-refractivity contribution is 5.97. The van der Waals surface area contributed by atoms with Gasteiger partial charge in [-0.25, -0.2) is 9.78 Å². The van der Waals surface area contributed by atoms with Crippen LogP contribution in [-0.4, -0.2) is 65.1 Å². The molecule has 2 heterocycles. The number of ether oxygens (including phenoxy) is 1. The van der Waals surface area contributed by atoms with Gasteiger partial charge in [0.25, 0.3) is 5.91 Å². The van der Waals surface area contributed by atoms with Crippen molar-refractivity contribution in [3.63, 3.8) is 0 Å². The Balaban J connectivity index is 1.52. The zero-order valence-corrected chi connectivity index (χ0v) is 15.0. The largest absolute Gasteiger partial charge is 0.453 e. The summed E-state index contributed by atoms with van der Waals surface area (Å²) in [4.78, 5) is 35.6. The van der Waals surface area contributed by atoms with Crippen LogP contribution in [-0.2, 0) is 4.74 Å². The van der Waals surface area contributed by atoms with Crippen LogP contribution in [0, 0.1) is 0 Å². The summed E-state index contributed by atoms with van der Waals surface area (Å²) in [7, 11) is 1.36. The molecule has 0 bridgehead atoms. The van der Waals surface area contributed by atoms with Crippen molar-refractivity contribution in [1.29, 1.82) is 0 Å². The molecule has 0 unspecified atom stereocenters. The van der Waals surface area contributed by atoms with Crippen molar-refractivity contribution in [1.82, 2.24) is 19.8 Å². The molecule has 0 atom stereocenters. The third-order valence-electron chi connectivity index (χ3n) is 4.78. The minimum absolute atomic E-state index is 0.0442. The molecule has 0 aliphatic carbocycles. The number of piperazine rings is 1. The number of aromatic nitrogens is 2. The van der Waals surface area contributed by atoms with Crippen LogP contribution in [0.4, 0.5) is 4.79 Å². The third-order valence-corrected chi connectivity index (χ3v) is 4.78. The highest BCUT2D eigenvalue weighted by Crippen LogP contribution is 2.22. The summed E-state index contributed by atoms with van der Waals surface area (Å²) in [6.07, 6.45) is -0.352. The molecule has 3 aromatic rings. The number of methoxy groups -OCH3 is 1. The van der Waals surface area contributed by atoms with E-state index < -0.39 is 0 Å². The number of nitrogens with one attached hydrogen (secondary N) is 1. The lowest BCUT2D eigenvalue weighted by molar-refractivity contribution is 0.0600. The molecule has 1 N–H and O–H groups in total. The van der Waals surface area contributed by atoms with Gasteiger partial charge in [0.15, 0.2) is 0 Å². The van der Waals surface area contributed by atoms with E-state index in [2.05, 4.69) is 9.97 Å². The van der Waals surface area contributed by atoms with Crippen molar-refractivity contribution >= 4 is 23.0 Å². The van der Waals surface area contributed by atoms with E-state index in [4.69, 9.17) is 4.74 Å². The Morgan fingerprint density at radius 1 is 1.00 bits per heavy atom. The molecule has 0 spiro atoms. The van der Waals surface area contributed by atoms with Gasteiger partial charge in [0, 0.05) is 37.3 Å². The molecule has 1 aromatic heterocycles. The average molecular weight is 364 g/mol. The van der Waals surface area contributed by atoms with E-state index in [1.54, 1.807) is 15.9 Å². The lowest BCUT2D eigenvalue weighted by Gasteiger charge is -2.33. The van der Waals surface area contributed by atoms with Gasteiger partial charge in [0.1, 0.15) is 5.82 Å². The molecule has 1 fully saturated rings. The third kappa shape index (κ3) is 3.36. The molecule has 0 radical (unpaired) electrons. The standard InChI is InChI=1S/C20H20N4O3/c1-27-20(26)24-11-9-23(10-12-24)19(25)15-7-8-16-17(13-15)22-18(21-16)14-5-3-2-4-6-14/h2-8,13H,9-12H2,1H3,(H,21,22). The zero-order valence-electron chi connectivity index (χ0n) is 15.0. The van der Waals surface area contributed by atoms with Gasteiger partial charge in [-0.15, -0.1) is 0 Å². The van der Waals surface area contributed by atoms with E-state index in [0.29, 0.717) is 31.7 Å². The first-order valence-corrected chi connectivity index (χ1v) is 8.83. The number of hydrogen-bond acceptors (Lipinski definition) is 4. The Morgan fingerprint density at radius 3 is 2.41 bits per heavy atom. The van der Waals surface area contributed by atoms with E-state index in [9.17, 15) is 9.59 Å². The maximum absolute atomic E-state index is 12.8. The fraction of sp³-hybridized carbons (Fsp3) is 0.250. The molecule has 2 amide bonds. The Labute approximate surface area is 156 Å². The normalized spacial score (nSPS) is 14.4. The van der Waals surface area contributed by atoms with E-state index in [0.717, 1.165) is 22.4 Å². The van der Waals surface area contributed by atoms with Crippen LogP contribution < -0.4 is 0 Å². The molecular weight excluding hydrogens is 344 g/mol. The van der Waals surface area contributed by atoms with Crippen LogP contribution in [0.5, 0.6) is 0 Å². The van der Waals surface area contributed by atoms with E-state index >= 15 is 0 Å². The number of hydrogen-bond donors (Lipinski definition) is 1. The maximum atomic E-state index is 12.8. The summed E-state index contributed by atoms with van der Waals surface area (Å²) >= 11 is 0. The van der Waals surface area contributed by atoms with Crippen molar-refractivity contribution in [3.05, 3.63) is 54.1 Å². The number of aromatic amines is 1. The second-order valence-corrected chi connectivity index (χ2v) is 6.43. The van der Waals surface area contributed by atoms with Crippen LogP contribution in [0.25, 0.3) is 22.4 Å². The highest BCUT2D eigenvalue weighted by Gasteiger charge is 2.25. The number of amides is 2. The molecule has 27 heavy (non-hydrogen) atoms. The Morgan fingerprint density at radius 2 is 1.70 bits per heavy atom. The van der Waals surface area contributed by atoms with E-state index in [1.807, 2.05) is 42.5 Å². The molecule has 0 saturated carbocycles. The van der Waals surface area contributed by atoms with E-state index in [-0.39, 0.29) is 12.0 Å². The van der Waals surface area contributed by atoms with Crippen LogP contribution in [0.15, 0.2) is 48.5 Å². The van der Waals surface area contributed by atoms with Gasteiger partial charge in [-0.05, 0) is 18.2 Å². The molecule has 1 aliphatic rings. The van der Waals surface area contributed by atoms with Crippen molar-refractivity contribution in [2.24, 2.45) is 0 Å². The second-order valence-electron chi connectivity index (χ2n) is 6.43. The van der Waals surface area contributed by atoms with Crippen molar-refractivity contribution in [2.45, 2.75) is 0 Å². The zero-order chi connectivity index (χ0) is 18.8. The fourth-order valence-electron chi connectivity index (χ4n) is 3.28. The number of rotatable bonds is 2. The average Bonchev–Trinajstić information content (AvgIpc) is 3.17.